The van der Waals surface area contributed by atoms with Crippen LogP contribution in [0.4, 0.5) is 0 Å². The van der Waals surface area contributed by atoms with E-state index in [1.54, 1.807) is 41.3 Å². The highest BCUT2D eigenvalue weighted by Crippen LogP contribution is 2.43. The van der Waals surface area contributed by atoms with Crippen molar-refractivity contribution in [3.05, 3.63) is 70.2 Å². The Hall–Kier alpha value is -2.33. The molecule has 0 aromatic heterocycles. The van der Waals surface area contributed by atoms with Crippen molar-refractivity contribution in [2.45, 2.75) is 31.7 Å². The van der Waals surface area contributed by atoms with Gasteiger partial charge in [0.05, 0.1) is 6.04 Å². The largest absolute Gasteiger partial charge is 0.481 e. The average molecular weight is 358 g/mol. The van der Waals surface area contributed by atoms with Gasteiger partial charge in [-0.3, -0.25) is 9.59 Å². The molecule has 0 saturated carbocycles. The Balaban J connectivity index is 2.16. The highest BCUT2D eigenvalue weighted by atomic mass is 35.5. The average Bonchev–Trinajstić information content (AvgIpc) is 2.61. The minimum atomic E-state index is -0.929. The summed E-state index contributed by atoms with van der Waals surface area (Å²) in [6.45, 7) is 2.58. The van der Waals surface area contributed by atoms with E-state index in [0.717, 1.165) is 18.4 Å². The third kappa shape index (κ3) is 3.27. The third-order valence-electron chi connectivity index (χ3n) is 4.67. The van der Waals surface area contributed by atoms with Crippen LogP contribution in [0.25, 0.3) is 0 Å². The Kier molecular flexibility index (Phi) is 5.09. The van der Waals surface area contributed by atoms with Crippen molar-refractivity contribution < 1.29 is 14.7 Å². The molecule has 0 spiro atoms. The number of unbranched alkanes of at least 4 members (excludes halogenated alkanes) is 1. The number of aliphatic carboxylic acids is 1. The zero-order chi connectivity index (χ0) is 18.0. The van der Waals surface area contributed by atoms with E-state index in [-0.39, 0.29) is 5.91 Å². The first-order chi connectivity index (χ1) is 12.0. The maximum absolute atomic E-state index is 13.0. The monoisotopic (exact) mass is 357 g/mol. The number of carboxylic acid groups (broad SMARTS) is 1. The maximum Gasteiger partial charge on any atom is 0.313 e. The highest BCUT2D eigenvalue weighted by molar-refractivity contribution is 6.30. The number of rotatable bonds is 5. The van der Waals surface area contributed by atoms with Crippen LogP contribution in [0.15, 0.2) is 48.5 Å². The number of amides is 1. The summed E-state index contributed by atoms with van der Waals surface area (Å²) in [5, 5.41) is 10.5. The van der Waals surface area contributed by atoms with E-state index >= 15 is 0 Å². The minimum Gasteiger partial charge on any atom is -0.481 e. The molecule has 0 unspecified atom stereocenters. The Morgan fingerprint density at radius 2 is 1.84 bits per heavy atom. The second-order valence-corrected chi connectivity index (χ2v) is 6.69. The molecule has 0 radical (unpaired) electrons. The highest BCUT2D eigenvalue weighted by Gasteiger charge is 2.43. The van der Waals surface area contributed by atoms with E-state index in [9.17, 15) is 14.7 Å². The lowest BCUT2D eigenvalue weighted by Crippen LogP contribution is -2.45. The first-order valence-electron chi connectivity index (χ1n) is 8.42. The molecule has 4 nitrogen and oxygen atoms in total. The molecule has 130 valence electrons. The van der Waals surface area contributed by atoms with Crippen molar-refractivity contribution in [2.75, 3.05) is 6.54 Å². The molecule has 1 amide bonds. The summed E-state index contributed by atoms with van der Waals surface area (Å²) in [4.78, 5) is 26.9. The van der Waals surface area contributed by atoms with Gasteiger partial charge >= 0.3 is 5.97 Å². The van der Waals surface area contributed by atoms with Crippen LogP contribution in [0, 0.1) is 0 Å². The van der Waals surface area contributed by atoms with Gasteiger partial charge in [0.2, 0.25) is 0 Å². The molecule has 0 bridgehead atoms. The molecule has 2 atom stereocenters. The Morgan fingerprint density at radius 3 is 2.48 bits per heavy atom. The molecule has 1 heterocycles. The van der Waals surface area contributed by atoms with E-state index in [1.807, 2.05) is 19.1 Å². The fourth-order valence-corrected chi connectivity index (χ4v) is 3.59. The van der Waals surface area contributed by atoms with Crippen LogP contribution in [0.1, 0.15) is 53.2 Å². The van der Waals surface area contributed by atoms with Crippen molar-refractivity contribution in [2.24, 2.45) is 0 Å². The second kappa shape index (κ2) is 7.28. The van der Waals surface area contributed by atoms with Gasteiger partial charge in [0, 0.05) is 17.1 Å². The lowest BCUT2D eigenvalue weighted by Gasteiger charge is -2.41. The van der Waals surface area contributed by atoms with Crippen LogP contribution in [-0.4, -0.2) is 28.4 Å². The van der Waals surface area contributed by atoms with E-state index in [4.69, 9.17) is 11.6 Å². The quantitative estimate of drug-likeness (QED) is 0.856. The van der Waals surface area contributed by atoms with Gasteiger partial charge < -0.3 is 10.0 Å². The lowest BCUT2D eigenvalue weighted by molar-refractivity contribution is -0.140. The Labute approximate surface area is 152 Å². The second-order valence-electron chi connectivity index (χ2n) is 6.25. The summed E-state index contributed by atoms with van der Waals surface area (Å²) in [7, 11) is 0. The summed E-state index contributed by atoms with van der Waals surface area (Å²) in [6, 6.07) is 13.6. The maximum atomic E-state index is 13.0. The van der Waals surface area contributed by atoms with E-state index < -0.39 is 17.9 Å². The van der Waals surface area contributed by atoms with Crippen LogP contribution in [0.3, 0.4) is 0 Å². The van der Waals surface area contributed by atoms with Gasteiger partial charge in [0.1, 0.15) is 5.92 Å². The Bertz CT molecular complexity index is 788. The van der Waals surface area contributed by atoms with Gasteiger partial charge in [-0.15, -0.1) is 0 Å². The van der Waals surface area contributed by atoms with Gasteiger partial charge in [-0.2, -0.15) is 0 Å². The fourth-order valence-electron chi connectivity index (χ4n) is 3.46. The number of carbonyl (C=O) groups excluding carboxylic acids is 1. The van der Waals surface area contributed by atoms with Crippen molar-refractivity contribution in [1.82, 2.24) is 4.90 Å². The van der Waals surface area contributed by atoms with Crippen LogP contribution >= 0.6 is 11.6 Å². The normalized spacial score (nSPS) is 19.6. The first-order valence-corrected chi connectivity index (χ1v) is 8.80. The molecular weight excluding hydrogens is 338 g/mol. The predicted molar refractivity (Wildman–Crippen MR) is 97.0 cm³/mol. The number of fused-ring (bicyclic) bond motifs is 1. The molecule has 1 aliphatic heterocycles. The zero-order valence-electron chi connectivity index (χ0n) is 14.0. The summed E-state index contributed by atoms with van der Waals surface area (Å²) in [6.07, 6.45) is 1.75. The minimum absolute atomic E-state index is 0.110. The van der Waals surface area contributed by atoms with Crippen LogP contribution in [0.5, 0.6) is 0 Å². The van der Waals surface area contributed by atoms with Gasteiger partial charge in [-0.05, 0) is 35.7 Å². The Morgan fingerprint density at radius 1 is 1.16 bits per heavy atom. The molecule has 3 rings (SSSR count). The molecule has 1 aliphatic rings. The van der Waals surface area contributed by atoms with Gasteiger partial charge in [0.15, 0.2) is 0 Å². The number of halogens is 1. The number of hydrogen-bond acceptors (Lipinski definition) is 2. The first kappa shape index (κ1) is 17.5. The van der Waals surface area contributed by atoms with Crippen molar-refractivity contribution in [1.29, 1.82) is 0 Å². The zero-order valence-corrected chi connectivity index (χ0v) is 14.7. The number of benzene rings is 2. The van der Waals surface area contributed by atoms with Gasteiger partial charge in [-0.1, -0.05) is 55.3 Å². The van der Waals surface area contributed by atoms with Crippen molar-refractivity contribution in [3.8, 4) is 0 Å². The molecule has 0 fully saturated rings. The van der Waals surface area contributed by atoms with E-state index in [2.05, 4.69) is 0 Å². The number of nitrogens with zero attached hydrogens (tertiary/aromatic N) is 1. The summed E-state index contributed by atoms with van der Waals surface area (Å²) in [5.74, 6) is -1.84. The van der Waals surface area contributed by atoms with Gasteiger partial charge in [0.25, 0.3) is 5.91 Å². The van der Waals surface area contributed by atoms with E-state index in [0.29, 0.717) is 22.7 Å². The number of carbonyl (C=O) groups is 2. The van der Waals surface area contributed by atoms with E-state index in [1.165, 1.54) is 0 Å². The van der Waals surface area contributed by atoms with Crippen LogP contribution in [-0.2, 0) is 4.79 Å². The van der Waals surface area contributed by atoms with Crippen LogP contribution < -0.4 is 0 Å². The molecule has 0 saturated heterocycles. The topological polar surface area (TPSA) is 57.6 Å². The molecule has 25 heavy (non-hydrogen) atoms. The molecule has 1 N–H and O–H groups in total. The van der Waals surface area contributed by atoms with Crippen LogP contribution in [0.2, 0.25) is 5.02 Å². The summed E-state index contributed by atoms with van der Waals surface area (Å²) < 4.78 is 0. The molecule has 5 heteroatoms. The van der Waals surface area contributed by atoms with Crippen molar-refractivity contribution in [3.63, 3.8) is 0 Å². The molecule has 0 aliphatic carbocycles. The summed E-state index contributed by atoms with van der Waals surface area (Å²) in [5.41, 5.74) is 1.85. The predicted octanol–water partition coefficient (Wildman–Crippen LogP) is 4.51. The third-order valence-corrected chi connectivity index (χ3v) is 4.92. The SMILES string of the molecule is CCCCN1C(=O)c2ccccc2[C@@H](C(=O)O)[C@@H]1c1ccc(Cl)cc1. The molecule has 2 aromatic carbocycles. The standard InChI is InChI=1S/C20H20ClNO3/c1-2-3-12-22-18(13-8-10-14(21)11-9-13)17(20(24)25)15-6-4-5-7-16(15)19(22)23/h4-11,17-18H,2-3,12H2,1H3,(H,24,25)/t17-,18+/m1/s1. The van der Waals surface area contributed by atoms with Gasteiger partial charge in [-0.25, -0.2) is 0 Å². The molecular formula is C20H20ClNO3. The number of carboxylic acids is 1. The summed E-state index contributed by atoms with van der Waals surface area (Å²) >= 11 is 5.98. The molecule has 2 aromatic rings. The smallest absolute Gasteiger partial charge is 0.313 e. The fraction of sp³-hybridized carbons (Fsp3) is 0.300. The number of hydrogen-bond donors (Lipinski definition) is 1. The lowest BCUT2D eigenvalue weighted by atomic mass is 9.79. The van der Waals surface area contributed by atoms with Crippen molar-refractivity contribution >= 4 is 23.5 Å².